The fourth-order valence-electron chi connectivity index (χ4n) is 0.855. The molecule has 0 bridgehead atoms. The van der Waals surface area contributed by atoms with E-state index in [9.17, 15) is 9.90 Å². The fourth-order valence-corrected chi connectivity index (χ4v) is 0.855. The Morgan fingerprint density at radius 2 is 2.31 bits per heavy atom. The zero-order valence-electron chi connectivity index (χ0n) is 7.44. The lowest BCUT2D eigenvalue weighted by Gasteiger charge is -2.03. The normalized spacial score (nSPS) is 9.69. The SMILES string of the molecule is COC(=O)Cc1ncnc(C)c1O. The molecule has 0 aromatic carbocycles. The molecule has 0 spiro atoms. The first-order valence-electron chi connectivity index (χ1n) is 3.71. The summed E-state index contributed by atoms with van der Waals surface area (Å²) in [7, 11) is 1.29. The summed E-state index contributed by atoms with van der Waals surface area (Å²) in [6.45, 7) is 1.64. The third-order valence-electron chi connectivity index (χ3n) is 1.62. The van der Waals surface area contributed by atoms with Crippen LogP contribution < -0.4 is 0 Å². The average molecular weight is 182 g/mol. The lowest BCUT2D eigenvalue weighted by molar-refractivity contribution is -0.139. The average Bonchev–Trinajstić information content (AvgIpc) is 2.13. The first kappa shape index (κ1) is 9.44. The van der Waals surface area contributed by atoms with Crippen LogP contribution in [-0.4, -0.2) is 28.2 Å². The van der Waals surface area contributed by atoms with Crippen LogP contribution in [0.5, 0.6) is 5.75 Å². The van der Waals surface area contributed by atoms with Gasteiger partial charge < -0.3 is 9.84 Å². The van der Waals surface area contributed by atoms with E-state index in [1.54, 1.807) is 6.92 Å². The quantitative estimate of drug-likeness (QED) is 0.662. The molecule has 0 saturated carbocycles. The summed E-state index contributed by atoms with van der Waals surface area (Å²) in [6, 6.07) is 0. The summed E-state index contributed by atoms with van der Waals surface area (Å²) in [5.74, 6) is -0.485. The van der Waals surface area contributed by atoms with Crippen molar-refractivity contribution in [1.29, 1.82) is 0 Å². The molecular formula is C8H10N2O3. The number of aromatic nitrogens is 2. The molecule has 0 aliphatic rings. The molecule has 1 aromatic heterocycles. The maximum atomic E-state index is 10.9. The van der Waals surface area contributed by atoms with Crippen LogP contribution in [-0.2, 0) is 16.0 Å². The van der Waals surface area contributed by atoms with Gasteiger partial charge >= 0.3 is 5.97 Å². The molecule has 13 heavy (non-hydrogen) atoms. The van der Waals surface area contributed by atoms with Crippen LogP contribution in [0.4, 0.5) is 0 Å². The molecule has 0 aliphatic carbocycles. The van der Waals surface area contributed by atoms with Crippen molar-refractivity contribution in [2.24, 2.45) is 0 Å². The van der Waals surface area contributed by atoms with Crippen molar-refractivity contribution in [3.05, 3.63) is 17.7 Å². The number of hydrogen-bond donors (Lipinski definition) is 1. The van der Waals surface area contributed by atoms with Gasteiger partial charge in [0.25, 0.3) is 0 Å². The number of rotatable bonds is 2. The lowest BCUT2D eigenvalue weighted by atomic mass is 10.2. The molecule has 0 aliphatic heterocycles. The summed E-state index contributed by atoms with van der Waals surface area (Å²) in [5, 5.41) is 9.41. The van der Waals surface area contributed by atoms with Gasteiger partial charge in [0.1, 0.15) is 6.33 Å². The Morgan fingerprint density at radius 3 is 2.92 bits per heavy atom. The van der Waals surface area contributed by atoms with E-state index >= 15 is 0 Å². The predicted molar refractivity (Wildman–Crippen MR) is 44.2 cm³/mol. The Kier molecular flexibility index (Phi) is 2.79. The van der Waals surface area contributed by atoms with E-state index in [4.69, 9.17) is 0 Å². The molecule has 0 radical (unpaired) electrons. The van der Waals surface area contributed by atoms with Crippen molar-refractivity contribution in [3.8, 4) is 5.75 Å². The number of carbonyl (C=O) groups excluding carboxylic acids is 1. The second-order valence-electron chi connectivity index (χ2n) is 2.51. The molecule has 5 nitrogen and oxygen atoms in total. The highest BCUT2D eigenvalue weighted by atomic mass is 16.5. The molecule has 0 unspecified atom stereocenters. The summed E-state index contributed by atoms with van der Waals surface area (Å²) in [4.78, 5) is 18.4. The monoisotopic (exact) mass is 182 g/mol. The van der Waals surface area contributed by atoms with Crippen LogP contribution in [0.25, 0.3) is 0 Å². The van der Waals surface area contributed by atoms with Gasteiger partial charge in [-0.15, -0.1) is 0 Å². The fraction of sp³-hybridized carbons (Fsp3) is 0.375. The van der Waals surface area contributed by atoms with Crippen LogP contribution in [0.1, 0.15) is 11.4 Å². The highest BCUT2D eigenvalue weighted by Crippen LogP contribution is 2.17. The molecule has 0 amide bonds. The van der Waals surface area contributed by atoms with Gasteiger partial charge in [0.05, 0.1) is 24.9 Å². The van der Waals surface area contributed by atoms with Crippen LogP contribution >= 0.6 is 0 Å². The van der Waals surface area contributed by atoms with E-state index in [1.165, 1.54) is 13.4 Å². The smallest absolute Gasteiger partial charge is 0.311 e. The maximum Gasteiger partial charge on any atom is 0.311 e. The summed E-state index contributed by atoms with van der Waals surface area (Å²) < 4.78 is 4.44. The van der Waals surface area contributed by atoms with Crippen LogP contribution in [0.2, 0.25) is 0 Å². The minimum atomic E-state index is -0.437. The number of methoxy groups -OCH3 is 1. The topological polar surface area (TPSA) is 72.3 Å². The molecule has 0 atom stereocenters. The standard InChI is InChI=1S/C8H10N2O3/c1-5-8(12)6(10-4-9-5)3-7(11)13-2/h4,12H,3H2,1-2H3. The minimum absolute atomic E-state index is 0.0360. The molecule has 70 valence electrons. The maximum absolute atomic E-state index is 10.9. The Balaban J connectivity index is 2.89. The minimum Gasteiger partial charge on any atom is -0.504 e. The zero-order valence-corrected chi connectivity index (χ0v) is 7.44. The predicted octanol–water partition coefficient (Wildman–Crippen LogP) is 0.206. The van der Waals surface area contributed by atoms with Gasteiger partial charge in [-0.2, -0.15) is 0 Å². The van der Waals surface area contributed by atoms with Crippen LogP contribution in [0, 0.1) is 6.92 Å². The third kappa shape index (κ3) is 2.14. The molecule has 1 N–H and O–H groups in total. The van der Waals surface area contributed by atoms with E-state index < -0.39 is 5.97 Å². The third-order valence-corrected chi connectivity index (χ3v) is 1.62. The largest absolute Gasteiger partial charge is 0.504 e. The van der Waals surface area contributed by atoms with Crippen molar-refractivity contribution >= 4 is 5.97 Å². The second kappa shape index (κ2) is 3.84. The van der Waals surface area contributed by atoms with Gasteiger partial charge in [-0.05, 0) is 6.92 Å². The van der Waals surface area contributed by atoms with Gasteiger partial charge in [0, 0.05) is 0 Å². The van der Waals surface area contributed by atoms with E-state index in [1.807, 2.05) is 0 Å². The Bertz CT molecular complexity index is 325. The van der Waals surface area contributed by atoms with Crippen LogP contribution in [0.15, 0.2) is 6.33 Å². The molecule has 1 heterocycles. The number of esters is 1. The number of hydrogen-bond acceptors (Lipinski definition) is 5. The molecular weight excluding hydrogens is 172 g/mol. The van der Waals surface area contributed by atoms with Crippen molar-refractivity contribution in [3.63, 3.8) is 0 Å². The van der Waals surface area contributed by atoms with Gasteiger partial charge in [0.15, 0.2) is 5.75 Å². The second-order valence-corrected chi connectivity index (χ2v) is 2.51. The molecule has 0 saturated heterocycles. The first-order valence-corrected chi connectivity index (χ1v) is 3.71. The Labute approximate surface area is 75.4 Å². The molecule has 0 fully saturated rings. The lowest BCUT2D eigenvalue weighted by Crippen LogP contribution is -2.07. The summed E-state index contributed by atoms with van der Waals surface area (Å²) >= 11 is 0. The first-order chi connectivity index (χ1) is 6.15. The van der Waals surface area contributed by atoms with E-state index in [2.05, 4.69) is 14.7 Å². The highest BCUT2D eigenvalue weighted by Gasteiger charge is 2.10. The van der Waals surface area contributed by atoms with E-state index in [0.29, 0.717) is 11.4 Å². The van der Waals surface area contributed by atoms with Gasteiger partial charge in [0.2, 0.25) is 0 Å². The van der Waals surface area contributed by atoms with Crippen molar-refractivity contribution in [2.75, 3.05) is 7.11 Å². The highest BCUT2D eigenvalue weighted by molar-refractivity contribution is 5.72. The van der Waals surface area contributed by atoms with Crippen LogP contribution in [0.3, 0.4) is 0 Å². The molecule has 1 rings (SSSR count). The van der Waals surface area contributed by atoms with Crippen molar-refractivity contribution in [1.82, 2.24) is 9.97 Å². The summed E-state index contributed by atoms with van der Waals surface area (Å²) in [5.41, 5.74) is 0.744. The van der Waals surface area contributed by atoms with E-state index in [-0.39, 0.29) is 12.2 Å². The molecule has 1 aromatic rings. The summed E-state index contributed by atoms with van der Waals surface area (Å²) in [6.07, 6.45) is 1.26. The number of carbonyl (C=O) groups is 1. The van der Waals surface area contributed by atoms with Crippen molar-refractivity contribution < 1.29 is 14.6 Å². The zero-order chi connectivity index (χ0) is 9.84. The Hall–Kier alpha value is -1.65. The number of aromatic hydroxyl groups is 1. The van der Waals surface area contributed by atoms with E-state index in [0.717, 1.165) is 0 Å². The number of aryl methyl sites for hydroxylation is 1. The number of nitrogens with zero attached hydrogens (tertiary/aromatic N) is 2. The number of ether oxygens (including phenoxy) is 1. The molecule has 5 heteroatoms. The van der Waals surface area contributed by atoms with Gasteiger partial charge in [-0.3, -0.25) is 4.79 Å². The van der Waals surface area contributed by atoms with Gasteiger partial charge in [-0.25, -0.2) is 9.97 Å². The Morgan fingerprint density at radius 1 is 1.62 bits per heavy atom. The van der Waals surface area contributed by atoms with Crippen molar-refractivity contribution in [2.45, 2.75) is 13.3 Å². The van der Waals surface area contributed by atoms with Gasteiger partial charge in [-0.1, -0.05) is 0 Å².